The van der Waals surface area contributed by atoms with Gasteiger partial charge in [0.1, 0.15) is 10.7 Å². The van der Waals surface area contributed by atoms with Crippen molar-refractivity contribution >= 4 is 29.0 Å². The van der Waals surface area contributed by atoms with E-state index in [0.717, 1.165) is 0 Å². The highest BCUT2D eigenvalue weighted by Crippen LogP contribution is 2.33. The molecule has 0 aliphatic heterocycles. The molecule has 0 spiro atoms. The van der Waals surface area contributed by atoms with Crippen LogP contribution in [0.4, 0.5) is 5.69 Å². The van der Waals surface area contributed by atoms with Gasteiger partial charge in [0.15, 0.2) is 11.7 Å². The summed E-state index contributed by atoms with van der Waals surface area (Å²) in [4.78, 5) is 39.4. The van der Waals surface area contributed by atoms with Gasteiger partial charge in [-0.2, -0.15) is 0 Å². The van der Waals surface area contributed by atoms with Crippen LogP contribution in [0.3, 0.4) is 0 Å². The highest BCUT2D eigenvalue weighted by Gasteiger charge is 2.38. The number of halogens is 1. The molecule has 0 aliphatic carbocycles. The zero-order chi connectivity index (χ0) is 17.7. The minimum atomic E-state index is -1.56. The quantitative estimate of drug-likeness (QED) is 0.261. The molecular weight excluding hydrogens is 336 g/mol. The third-order valence-electron chi connectivity index (χ3n) is 3.20. The van der Waals surface area contributed by atoms with Gasteiger partial charge in [0, 0.05) is 11.8 Å². The summed E-state index contributed by atoms with van der Waals surface area (Å²) in [6.45, 7) is 1.59. The number of aromatic nitrogens is 1. The maximum atomic E-state index is 12.7. The molecule has 2 aromatic rings. The Hall–Kier alpha value is -2.80. The number of nitrogens with zero attached hydrogens (tertiary/aromatic N) is 2. The predicted molar refractivity (Wildman–Crippen MR) is 86.0 cm³/mol. The number of esters is 1. The van der Waals surface area contributed by atoms with Crippen molar-refractivity contribution in [1.82, 2.24) is 4.98 Å². The van der Waals surface area contributed by atoms with E-state index in [0.29, 0.717) is 0 Å². The molecule has 8 heteroatoms. The maximum absolute atomic E-state index is 12.7. The summed E-state index contributed by atoms with van der Waals surface area (Å²) in [6.07, 6.45) is 1.20. The molecule has 0 fully saturated rings. The van der Waals surface area contributed by atoms with Gasteiger partial charge in [0.05, 0.1) is 11.5 Å². The van der Waals surface area contributed by atoms with Crippen LogP contribution < -0.4 is 0 Å². The third-order valence-corrected chi connectivity index (χ3v) is 3.51. The van der Waals surface area contributed by atoms with Crippen LogP contribution in [0.25, 0.3) is 0 Å². The summed E-state index contributed by atoms with van der Waals surface area (Å²) in [5, 5.41) is 11.1. The van der Waals surface area contributed by atoms with Crippen LogP contribution in [0.2, 0.25) is 5.02 Å². The molecule has 1 heterocycles. The van der Waals surface area contributed by atoms with Gasteiger partial charge in [0.2, 0.25) is 0 Å². The molecular formula is C16H13ClN2O5. The largest absolute Gasteiger partial charge is 0.465 e. The molecule has 1 atom stereocenters. The molecule has 7 nitrogen and oxygen atoms in total. The Bertz CT molecular complexity index is 779. The monoisotopic (exact) mass is 348 g/mol. The number of hydrogen-bond acceptors (Lipinski definition) is 6. The number of nitro groups is 1. The van der Waals surface area contributed by atoms with E-state index in [-0.39, 0.29) is 22.9 Å². The summed E-state index contributed by atoms with van der Waals surface area (Å²) in [5.41, 5.74) is -0.701. The molecule has 1 aromatic heterocycles. The molecule has 2 rings (SSSR count). The summed E-state index contributed by atoms with van der Waals surface area (Å²) in [7, 11) is 0. The number of ether oxygens (including phenoxy) is 1. The molecule has 1 aromatic carbocycles. The lowest BCUT2D eigenvalue weighted by molar-refractivity contribution is -0.385. The number of pyridine rings is 1. The topological polar surface area (TPSA) is 99.4 Å². The first-order chi connectivity index (χ1) is 11.5. The van der Waals surface area contributed by atoms with Crippen molar-refractivity contribution in [3.8, 4) is 0 Å². The van der Waals surface area contributed by atoms with Gasteiger partial charge in [-0.15, -0.1) is 0 Å². The number of hydrogen-bond donors (Lipinski definition) is 0. The minimum absolute atomic E-state index is 0.0196. The standard InChI is InChI=1S/C16H13ClN2O5/c1-2-24-16(21)12(15(20)10-6-4-3-5-7-10)13-14(19(22)23)11(17)8-9-18-13/h3-9,12H,2H2,1H3. The third kappa shape index (κ3) is 3.57. The van der Waals surface area contributed by atoms with E-state index in [1.807, 2.05) is 0 Å². The molecule has 0 radical (unpaired) electrons. The molecule has 0 saturated carbocycles. The van der Waals surface area contributed by atoms with Crippen molar-refractivity contribution in [3.63, 3.8) is 0 Å². The lowest BCUT2D eigenvalue weighted by Gasteiger charge is -2.14. The summed E-state index contributed by atoms with van der Waals surface area (Å²) < 4.78 is 4.91. The van der Waals surface area contributed by atoms with Crippen molar-refractivity contribution in [2.45, 2.75) is 12.8 Å². The number of carbonyl (C=O) groups is 2. The first kappa shape index (κ1) is 17.6. The van der Waals surface area contributed by atoms with Crippen molar-refractivity contribution in [2.24, 2.45) is 0 Å². The average Bonchev–Trinajstić information content (AvgIpc) is 2.55. The van der Waals surface area contributed by atoms with Gasteiger partial charge >= 0.3 is 11.7 Å². The number of benzene rings is 1. The number of ketones is 1. The Balaban J connectivity index is 2.61. The van der Waals surface area contributed by atoms with Crippen molar-refractivity contribution < 1.29 is 19.2 Å². The molecule has 0 amide bonds. The fraction of sp³-hybridized carbons (Fsp3) is 0.188. The van der Waals surface area contributed by atoms with E-state index in [4.69, 9.17) is 16.3 Å². The molecule has 24 heavy (non-hydrogen) atoms. The summed E-state index contributed by atoms with van der Waals surface area (Å²) in [6, 6.07) is 9.18. The zero-order valence-electron chi connectivity index (χ0n) is 12.6. The van der Waals surface area contributed by atoms with E-state index in [1.54, 1.807) is 25.1 Å². The first-order valence-electron chi connectivity index (χ1n) is 7.02. The van der Waals surface area contributed by atoms with E-state index < -0.39 is 28.3 Å². The second-order valence-electron chi connectivity index (χ2n) is 4.70. The SMILES string of the molecule is CCOC(=O)C(C(=O)c1ccccc1)c1nccc(Cl)c1[N+](=O)[O-]. The average molecular weight is 349 g/mol. The fourth-order valence-corrected chi connectivity index (χ4v) is 2.40. The predicted octanol–water partition coefficient (Wildman–Crippen LogP) is 3.17. The van der Waals surface area contributed by atoms with E-state index >= 15 is 0 Å². The van der Waals surface area contributed by atoms with Crippen LogP contribution in [0.1, 0.15) is 28.9 Å². The van der Waals surface area contributed by atoms with Crippen LogP contribution in [-0.4, -0.2) is 28.3 Å². The van der Waals surface area contributed by atoms with E-state index in [1.165, 1.54) is 24.4 Å². The molecule has 0 saturated heterocycles. The van der Waals surface area contributed by atoms with Crippen molar-refractivity contribution in [2.75, 3.05) is 6.61 Å². The normalized spacial score (nSPS) is 11.6. The number of carbonyl (C=O) groups excluding carboxylic acids is 2. The van der Waals surface area contributed by atoms with Gasteiger partial charge in [-0.3, -0.25) is 24.7 Å². The number of rotatable bonds is 6. The lowest BCUT2D eigenvalue weighted by atomic mass is 9.93. The molecule has 0 N–H and O–H groups in total. The Morgan fingerprint density at radius 2 is 1.96 bits per heavy atom. The Morgan fingerprint density at radius 3 is 2.54 bits per heavy atom. The smallest absolute Gasteiger partial charge is 0.323 e. The molecule has 1 unspecified atom stereocenters. The molecule has 0 bridgehead atoms. The highest BCUT2D eigenvalue weighted by atomic mass is 35.5. The maximum Gasteiger partial charge on any atom is 0.323 e. The highest BCUT2D eigenvalue weighted by molar-refractivity contribution is 6.33. The second-order valence-corrected chi connectivity index (χ2v) is 5.11. The summed E-state index contributed by atoms with van der Waals surface area (Å²) in [5.74, 6) is -3.12. The van der Waals surface area contributed by atoms with Gasteiger partial charge < -0.3 is 4.74 Å². The minimum Gasteiger partial charge on any atom is -0.465 e. The van der Waals surface area contributed by atoms with Gasteiger partial charge in [-0.25, -0.2) is 0 Å². The van der Waals surface area contributed by atoms with Crippen LogP contribution in [-0.2, 0) is 9.53 Å². The van der Waals surface area contributed by atoms with E-state index in [9.17, 15) is 19.7 Å². The molecule has 0 aliphatic rings. The zero-order valence-corrected chi connectivity index (χ0v) is 13.4. The second kappa shape index (κ2) is 7.65. The van der Waals surface area contributed by atoms with Crippen LogP contribution >= 0.6 is 11.6 Å². The molecule has 124 valence electrons. The van der Waals surface area contributed by atoms with E-state index in [2.05, 4.69) is 4.98 Å². The Labute approximate surface area is 142 Å². The summed E-state index contributed by atoms with van der Waals surface area (Å²) >= 11 is 5.86. The van der Waals surface area contributed by atoms with Crippen LogP contribution in [0.5, 0.6) is 0 Å². The Kier molecular flexibility index (Phi) is 5.59. The van der Waals surface area contributed by atoms with Crippen molar-refractivity contribution in [1.29, 1.82) is 0 Å². The Morgan fingerprint density at radius 1 is 1.29 bits per heavy atom. The van der Waals surface area contributed by atoms with Crippen LogP contribution in [0, 0.1) is 10.1 Å². The van der Waals surface area contributed by atoms with Crippen molar-refractivity contribution in [3.05, 3.63) is 69.0 Å². The van der Waals surface area contributed by atoms with Gasteiger partial charge in [-0.05, 0) is 13.0 Å². The lowest BCUT2D eigenvalue weighted by Crippen LogP contribution is -2.26. The number of Topliss-reactive ketones (excluding diaryl/α,β-unsaturated/α-hetero) is 1. The first-order valence-corrected chi connectivity index (χ1v) is 7.39. The van der Waals surface area contributed by atoms with Gasteiger partial charge in [0.25, 0.3) is 0 Å². The van der Waals surface area contributed by atoms with Crippen LogP contribution in [0.15, 0.2) is 42.6 Å². The van der Waals surface area contributed by atoms with Gasteiger partial charge in [-0.1, -0.05) is 41.9 Å². The fourth-order valence-electron chi connectivity index (χ4n) is 2.17.